The number of ether oxygens (including phenoxy) is 3. The number of rotatable bonds is 6. The van der Waals surface area contributed by atoms with Crippen molar-refractivity contribution in [2.24, 2.45) is 0 Å². The number of methoxy groups -OCH3 is 1. The van der Waals surface area contributed by atoms with Crippen LogP contribution >= 0.6 is 0 Å². The van der Waals surface area contributed by atoms with E-state index in [-0.39, 0.29) is 23.3 Å². The molecule has 8 heteroatoms. The van der Waals surface area contributed by atoms with E-state index >= 15 is 0 Å². The summed E-state index contributed by atoms with van der Waals surface area (Å²) in [4.78, 5) is 26.2. The van der Waals surface area contributed by atoms with Crippen molar-refractivity contribution in [3.8, 4) is 5.75 Å². The van der Waals surface area contributed by atoms with Crippen molar-refractivity contribution in [1.82, 2.24) is 4.90 Å². The van der Waals surface area contributed by atoms with E-state index in [0.29, 0.717) is 30.9 Å². The molecule has 0 radical (unpaired) electrons. The molecular formula is C24H39NO6Si. The zero-order valence-corrected chi connectivity index (χ0v) is 22.0. The molecule has 1 saturated heterocycles. The van der Waals surface area contributed by atoms with Gasteiger partial charge in [0.2, 0.25) is 0 Å². The van der Waals surface area contributed by atoms with Crippen LogP contribution in [0.3, 0.4) is 0 Å². The van der Waals surface area contributed by atoms with Crippen LogP contribution in [-0.2, 0) is 13.9 Å². The van der Waals surface area contributed by atoms with Gasteiger partial charge in [-0.25, -0.2) is 9.59 Å². The van der Waals surface area contributed by atoms with Gasteiger partial charge in [0.05, 0.1) is 24.8 Å². The van der Waals surface area contributed by atoms with Gasteiger partial charge in [-0.05, 0) is 69.6 Å². The van der Waals surface area contributed by atoms with Gasteiger partial charge in [-0.1, -0.05) is 20.8 Å². The third kappa shape index (κ3) is 6.97. The molecule has 0 unspecified atom stereocenters. The highest BCUT2D eigenvalue weighted by Crippen LogP contribution is 2.39. The van der Waals surface area contributed by atoms with Crippen LogP contribution in [0.25, 0.3) is 0 Å². The molecule has 0 aromatic heterocycles. The lowest BCUT2D eigenvalue weighted by atomic mass is 10.2. The molecule has 0 N–H and O–H groups in total. The SMILES string of the molecule is COC(=O)c1ccc(OC[C@@H]2C[C@@H](O[Si](C)(C)C(C)(C)C)CN2C(=O)OC(C)(C)C)cc1. The highest BCUT2D eigenvalue weighted by Gasteiger charge is 2.44. The highest BCUT2D eigenvalue weighted by molar-refractivity contribution is 6.74. The monoisotopic (exact) mass is 465 g/mol. The molecule has 1 aromatic rings. The van der Waals surface area contributed by atoms with E-state index in [9.17, 15) is 9.59 Å². The lowest BCUT2D eigenvalue weighted by Gasteiger charge is -2.38. The van der Waals surface area contributed by atoms with Crippen molar-refractivity contribution in [1.29, 1.82) is 0 Å². The Labute approximate surface area is 193 Å². The molecule has 32 heavy (non-hydrogen) atoms. The van der Waals surface area contributed by atoms with Gasteiger partial charge in [0, 0.05) is 6.54 Å². The van der Waals surface area contributed by atoms with E-state index in [0.717, 1.165) is 0 Å². The Morgan fingerprint density at radius 3 is 2.16 bits per heavy atom. The number of hydrogen-bond acceptors (Lipinski definition) is 6. The predicted octanol–water partition coefficient (Wildman–Crippen LogP) is 5.25. The van der Waals surface area contributed by atoms with Crippen LogP contribution in [0.15, 0.2) is 24.3 Å². The Kier molecular flexibility index (Phi) is 8.04. The van der Waals surface area contributed by atoms with Crippen molar-refractivity contribution >= 4 is 20.4 Å². The molecule has 1 amide bonds. The van der Waals surface area contributed by atoms with Gasteiger partial charge < -0.3 is 18.6 Å². The zero-order valence-electron chi connectivity index (χ0n) is 21.0. The number of nitrogens with zero attached hydrogens (tertiary/aromatic N) is 1. The van der Waals surface area contributed by atoms with Gasteiger partial charge in [0.25, 0.3) is 0 Å². The first-order chi connectivity index (χ1) is 14.6. The summed E-state index contributed by atoms with van der Waals surface area (Å²) in [5, 5.41) is 0.0831. The molecular weight excluding hydrogens is 426 g/mol. The first kappa shape index (κ1) is 26.2. The van der Waals surface area contributed by atoms with Gasteiger partial charge in [-0.2, -0.15) is 0 Å². The van der Waals surface area contributed by atoms with Gasteiger partial charge in [-0.15, -0.1) is 0 Å². The molecule has 1 heterocycles. The van der Waals surface area contributed by atoms with E-state index in [1.54, 1.807) is 29.2 Å². The molecule has 180 valence electrons. The minimum Gasteiger partial charge on any atom is -0.491 e. The third-order valence-electron chi connectivity index (χ3n) is 5.99. The summed E-state index contributed by atoms with van der Waals surface area (Å²) >= 11 is 0. The Morgan fingerprint density at radius 1 is 1.06 bits per heavy atom. The topological polar surface area (TPSA) is 74.3 Å². The van der Waals surface area contributed by atoms with Gasteiger partial charge in [0.15, 0.2) is 8.32 Å². The normalized spacial score (nSPS) is 19.6. The Balaban J connectivity index is 2.11. The molecule has 2 rings (SSSR count). The van der Waals surface area contributed by atoms with Crippen LogP contribution in [0.2, 0.25) is 18.1 Å². The molecule has 1 fully saturated rings. The molecule has 0 saturated carbocycles. The largest absolute Gasteiger partial charge is 0.491 e. The first-order valence-electron chi connectivity index (χ1n) is 11.1. The van der Waals surface area contributed by atoms with Gasteiger partial charge in [-0.3, -0.25) is 4.90 Å². The van der Waals surface area contributed by atoms with Crippen molar-refractivity contribution in [3.63, 3.8) is 0 Å². The summed E-state index contributed by atoms with van der Waals surface area (Å²) < 4.78 is 22.9. The molecule has 1 aromatic carbocycles. The van der Waals surface area contributed by atoms with E-state index in [1.807, 2.05) is 20.8 Å². The number of amides is 1. The molecule has 7 nitrogen and oxygen atoms in total. The number of carbonyl (C=O) groups excluding carboxylic acids is 2. The standard InChI is InChI=1S/C24H39NO6Si/c1-23(2,3)30-22(27)25-15-20(31-32(8,9)24(4,5)6)14-18(25)16-29-19-12-10-17(11-13-19)21(26)28-7/h10-13,18,20H,14-16H2,1-9H3/t18-,20+/m0/s1. The predicted molar refractivity (Wildman–Crippen MR) is 127 cm³/mol. The maximum atomic E-state index is 12.9. The smallest absolute Gasteiger partial charge is 0.410 e. The van der Waals surface area contributed by atoms with Crippen molar-refractivity contribution < 1.29 is 28.2 Å². The van der Waals surface area contributed by atoms with Crippen LogP contribution in [0.5, 0.6) is 5.75 Å². The molecule has 0 bridgehead atoms. The number of carbonyl (C=O) groups is 2. The number of hydrogen-bond donors (Lipinski definition) is 0. The second-order valence-corrected chi connectivity index (χ2v) is 15.6. The number of esters is 1. The Hall–Kier alpha value is -2.06. The van der Waals surface area contributed by atoms with Crippen molar-refractivity contribution in [3.05, 3.63) is 29.8 Å². The van der Waals surface area contributed by atoms with Crippen molar-refractivity contribution in [2.75, 3.05) is 20.3 Å². The van der Waals surface area contributed by atoms with E-state index in [2.05, 4.69) is 33.9 Å². The maximum absolute atomic E-state index is 12.9. The zero-order chi connectivity index (χ0) is 24.3. The molecule has 0 aliphatic carbocycles. The summed E-state index contributed by atoms with van der Waals surface area (Å²) in [7, 11) is -0.634. The fourth-order valence-corrected chi connectivity index (χ4v) is 4.61. The van der Waals surface area contributed by atoms with E-state index < -0.39 is 19.9 Å². The molecule has 2 atom stereocenters. The Morgan fingerprint density at radius 2 is 1.66 bits per heavy atom. The second kappa shape index (κ2) is 9.83. The van der Waals surface area contributed by atoms with Crippen LogP contribution in [0, 0.1) is 0 Å². The lowest BCUT2D eigenvalue weighted by Crippen LogP contribution is -2.45. The number of likely N-dealkylation sites (tertiary alicyclic amines) is 1. The highest BCUT2D eigenvalue weighted by atomic mass is 28.4. The quantitative estimate of drug-likeness (QED) is 0.422. The first-order valence-corrected chi connectivity index (χ1v) is 14.0. The maximum Gasteiger partial charge on any atom is 0.410 e. The Bertz CT molecular complexity index is 794. The number of benzene rings is 1. The fraction of sp³-hybridized carbons (Fsp3) is 0.667. The minimum absolute atomic E-state index is 0.0567. The summed E-state index contributed by atoms with van der Waals surface area (Å²) in [5.74, 6) is 0.227. The van der Waals surface area contributed by atoms with Crippen LogP contribution in [-0.4, -0.2) is 63.3 Å². The summed E-state index contributed by atoms with van der Waals surface area (Å²) in [6, 6.07) is 6.60. The van der Waals surface area contributed by atoms with Crippen LogP contribution in [0.4, 0.5) is 4.79 Å². The lowest BCUT2D eigenvalue weighted by molar-refractivity contribution is 0.0174. The van der Waals surface area contributed by atoms with E-state index in [4.69, 9.17) is 18.6 Å². The van der Waals surface area contributed by atoms with Crippen LogP contribution in [0.1, 0.15) is 58.3 Å². The van der Waals surface area contributed by atoms with Gasteiger partial charge in [0.1, 0.15) is 18.0 Å². The van der Waals surface area contributed by atoms with Crippen LogP contribution < -0.4 is 4.74 Å². The summed E-state index contributed by atoms with van der Waals surface area (Å²) in [5.41, 5.74) is -0.121. The molecule has 0 spiro atoms. The fourth-order valence-electron chi connectivity index (χ4n) is 3.25. The molecule has 1 aliphatic rings. The summed E-state index contributed by atoms with van der Waals surface area (Å²) in [6.07, 6.45) is 0.276. The average Bonchev–Trinajstić information content (AvgIpc) is 3.06. The average molecular weight is 466 g/mol. The summed E-state index contributed by atoms with van der Waals surface area (Å²) in [6.45, 7) is 17.4. The van der Waals surface area contributed by atoms with Gasteiger partial charge >= 0.3 is 12.1 Å². The third-order valence-corrected chi connectivity index (χ3v) is 10.5. The van der Waals surface area contributed by atoms with Crippen molar-refractivity contribution in [2.45, 2.75) is 83.8 Å². The van der Waals surface area contributed by atoms with E-state index in [1.165, 1.54) is 7.11 Å². The minimum atomic E-state index is -1.98. The second-order valence-electron chi connectivity index (χ2n) is 10.8. The molecule has 1 aliphatic heterocycles.